The molecule has 0 spiro atoms. The maximum absolute atomic E-state index is 11.0. The number of hydrogen-bond acceptors (Lipinski definition) is 4. The van der Waals surface area contributed by atoms with Crippen LogP contribution in [-0.4, -0.2) is 21.3 Å². The molecule has 0 aliphatic rings. The van der Waals surface area contributed by atoms with Gasteiger partial charge in [-0.3, -0.25) is 4.52 Å². The second-order valence-electron chi connectivity index (χ2n) is 4.00. The summed E-state index contributed by atoms with van der Waals surface area (Å²) in [6, 6.07) is 0. The molecule has 0 aromatic carbocycles. The predicted molar refractivity (Wildman–Crippen MR) is 66.9 cm³/mol. The zero-order valence-corrected chi connectivity index (χ0v) is 12.3. The maximum atomic E-state index is 11.0. The fourth-order valence-corrected chi connectivity index (χ4v) is 3.02. The summed E-state index contributed by atoms with van der Waals surface area (Å²) in [5.41, 5.74) is 0. The Labute approximate surface area is 107 Å². The first kappa shape index (κ1) is 18.3. The van der Waals surface area contributed by atoms with Gasteiger partial charge in [0, 0.05) is 0 Å². The van der Waals surface area contributed by atoms with E-state index < -0.39 is 15.6 Å². The van der Waals surface area contributed by atoms with E-state index in [1.54, 1.807) is 0 Å². The predicted octanol–water partition coefficient (Wildman–Crippen LogP) is 2.96. The van der Waals surface area contributed by atoms with Gasteiger partial charge < -0.3 is 14.7 Å². The van der Waals surface area contributed by atoms with Crippen LogP contribution in [0.15, 0.2) is 0 Å². The second-order valence-corrected chi connectivity index (χ2v) is 6.82. The van der Waals surface area contributed by atoms with Crippen molar-refractivity contribution >= 4 is 15.6 Å². The average molecular weight is 304 g/mol. The summed E-state index contributed by atoms with van der Waals surface area (Å²) in [5, 5.41) is 0. The van der Waals surface area contributed by atoms with E-state index >= 15 is 0 Å². The number of unbranched alkanes of at least 4 members (excludes halogenated alkanes) is 6. The molecule has 18 heavy (non-hydrogen) atoms. The molecule has 0 heterocycles. The van der Waals surface area contributed by atoms with Crippen LogP contribution < -0.4 is 0 Å². The number of phosphoric ester groups is 1. The molecule has 0 aromatic heterocycles. The smallest absolute Gasteiger partial charge is 0.302 e. The quantitative estimate of drug-likeness (QED) is 0.397. The van der Waals surface area contributed by atoms with Gasteiger partial charge in [0.15, 0.2) is 0 Å². The standard InChI is InChI=1S/C9H22O7P2/c1-2-3-4-5-6-7-8-9-15-18(13,14)16-17(10,11)12/h2-9H2,1H3,(H,13,14)(H2,10,11,12). The van der Waals surface area contributed by atoms with Gasteiger partial charge in [0.25, 0.3) is 0 Å². The Morgan fingerprint density at radius 3 is 1.89 bits per heavy atom. The van der Waals surface area contributed by atoms with Gasteiger partial charge in [-0.2, -0.15) is 4.31 Å². The molecule has 0 amide bonds. The SMILES string of the molecule is CCCCCCCCCOP(=O)(O)OP(=O)(O)O. The van der Waals surface area contributed by atoms with Crippen LogP contribution >= 0.6 is 15.6 Å². The van der Waals surface area contributed by atoms with Gasteiger partial charge in [-0.05, 0) is 6.42 Å². The zero-order valence-electron chi connectivity index (χ0n) is 10.5. The molecule has 1 atom stereocenters. The molecule has 0 saturated carbocycles. The first-order chi connectivity index (χ1) is 8.27. The maximum Gasteiger partial charge on any atom is 0.481 e. The molecular weight excluding hydrogens is 282 g/mol. The number of phosphoric acid groups is 2. The van der Waals surface area contributed by atoms with Gasteiger partial charge in [0.05, 0.1) is 6.61 Å². The molecular formula is C9H22O7P2. The lowest BCUT2D eigenvalue weighted by molar-refractivity contribution is 0.176. The molecule has 7 nitrogen and oxygen atoms in total. The summed E-state index contributed by atoms with van der Waals surface area (Å²) in [6.45, 7) is 2.08. The van der Waals surface area contributed by atoms with Gasteiger partial charge in [-0.25, -0.2) is 9.13 Å². The van der Waals surface area contributed by atoms with E-state index in [9.17, 15) is 9.13 Å². The molecule has 0 saturated heterocycles. The summed E-state index contributed by atoms with van der Waals surface area (Å²) >= 11 is 0. The van der Waals surface area contributed by atoms with Gasteiger partial charge >= 0.3 is 15.6 Å². The number of hydrogen-bond donors (Lipinski definition) is 3. The Morgan fingerprint density at radius 1 is 0.889 bits per heavy atom. The van der Waals surface area contributed by atoms with Crippen LogP contribution in [0.1, 0.15) is 51.9 Å². The van der Waals surface area contributed by atoms with Crippen molar-refractivity contribution in [2.45, 2.75) is 51.9 Å². The van der Waals surface area contributed by atoms with Crippen molar-refractivity contribution < 1.29 is 32.6 Å². The Morgan fingerprint density at radius 2 is 1.39 bits per heavy atom. The van der Waals surface area contributed by atoms with Crippen molar-refractivity contribution in [1.29, 1.82) is 0 Å². The van der Waals surface area contributed by atoms with Crippen molar-refractivity contribution in [1.82, 2.24) is 0 Å². The van der Waals surface area contributed by atoms with Crippen molar-refractivity contribution in [3.05, 3.63) is 0 Å². The molecule has 0 bridgehead atoms. The topological polar surface area (TPSA) is 113 Å². The number of rotatable bonds is 11. The molecule has 0 rings (SSSR count). The highest BCUT2D eigenvalue weighted by Gasteiger charge is 2.31. The average Bonchev–Trinajstić information content (AvgIpc) is 2.18. The molecule has 110 valence electrons. The third kappa shape index (κ3) is 12.7. The molecule has 0 aromatic rings. The Kier molecular flexibility index (Phi) is 9.34. The highest BCUT2D eigenvalue weighted by molar-refractivity contribution is 7.60. The molecule has 3 N–H and O–H groups in total. The van der Waals surface area contributed by atoms with Crippen LogP contribution in [0.5, 0.6) is 0 Å². The van der Waals surface area contributed by atoms with Gasteiger partial charge in [-0.15, -0.1) is 0 Å². The third-order valence-corrected chi connectivity index (χ3v) is 4.40. The summed E-state index contributed by atoms with van der Waals surface area (Å²) in [6.07, 6.45) is 7.09. The summed E-state index contributed by atoms with van der Waals surface area (Å²) in [5.74, 6) is 0. The molecule has 0 aliphatic carbocycles. The van der Waals surface area contributed by atoms with Crippen molar-refractivity contribution in [2.75, 3.05) is 6.61 Å². The fourth-order valence-electron chi connectivity index (χ4n) is 1.40. The minimum atomic E-state index is -5.00. The first-order valence-corrected chi connectivity index (χ1v) is 9.03. The molecule has 1 unspecified atom stereocenters. The van der Waals surface area contributed by atoms with E-state index in [4.69, 9.17) is 14.7 Å². The summed E-state index contributed by atoms with van der Waals surface area (Å²) in [4.78, 5) is 25.6. The van der Waals surface area contributed by atoms with E-state index in [2.05, 4.69) is 15.8 Å². The highest BCUT2D eigenvalue weighted by atomic mass is 31.3. The minimum absolute atomic E-state index is 0.0540. The van der Waals surface area contributed by atoms with E-state index in [0.29, 0.717) is 6.42 Å². The van der Waals surface area contributed by atoms with Crippen molar-refractivity contribution in [2.24, 2.45) is 0 Å². The normalized spacial score (nSPS) is 15.6. The zero-order chi connectivity index (χ0) is 14.1. The lowest BCUT2D eigenvalue weighted by Crippen LogP contribution is -1.96. The Hall–Kier alpha value is 0.260. The van der Waals surface area contributed by atoms with Crippen LogP contribution in [-0.2, 0) is 18.0 Å². The monoisotopic (exact) mass is 304 g/mol. The summed E-state index contributed by atoms with van der Waals surface area (Å²) in [7, 11) is -9.64. The molecule has 9 heteroatoms. The van der Waals surface area contributed by atoms with E-state index in [1.807, 2.05) is 0 Å². The fraction of sp³-hybridized carbons (Fsp3) is 1.00. The van der Waals surface area contributed by atoms with Gasteiger partial charge in [0.2, 0.25) is 0 Å². The Bertz CT molecular complexity index is 301. The third-order valence-electron chi connectivity index (χ3n) is 2.21. The Balaban J connectivity index is 3.54. The first-order valence-electron chi connectivity index (χ1n) is 6.01. The van der Waals surface area contributed by atoms with Crippen LogP contribution in [0.2, 0.25) is 0 Å². The lowest BCUT2D eigenvalue weighted by atomic mass is 10.1. The van der Waals surface area contributed by atoms with Gasteiger partial charge in [-0.1, -0.05) is 45.4 Å². The largest absolute Gasteiger partial charge is 0.481 e. The van der Waals surface area contributed by atoms with E-state index in [-0.39, 0.29) is 6.61 Å². The summed E-state index contributed by atoms with van der Waals surface area (Å²) < 4.78 is 29.4. The van der Waals surface area contributed by atoms with E-state index in [0.717, 1.165) is 19.3 Å². The lowest BCUT2D eigenvalue weighted by Gasteiger charge is -2.12. The van der Waals surface area contributed by atoms with Crippen LogP contribution in [0.25, 0.3) is 0 Å². The molecule has 0 aliphatic heterocycles. The van der Waals surface area contributed by atoms with Gasteiger partial charge in [0.1, 0.15) is 0 Å². The van der Waals surface area contributed by atoms with Crippen LogP contribution in [0.3, 0.4) is 0 Å². The highest BCUT2D eigenvalue weighted by Crippen LogP contribution is 2.57. The minimum Gasteiger partial charge on any atom is -0.302 e. The van der Waals surface area contributed by atoms with Crippen LogP contribution in [0.4, 0.5) is 0 Å². The van der Waals surface area contributed by atoms with Crippen molar-refractivity contribution in [3.8, 4) is 0 Å². The second kappa shape index (κ2) is 9.21. The molecule has 0 fully saturated rings. The van der Waals surface area contributed by atoms with E-state index in [1.165, 1.54) is 19.3 Å². The van der Waals surface area contributed by atoms with Crippen LogP contribution in [0, 0.1) is 0 Å². The molecule has 0 radical (unpaired) electrons. The van der Waals surface area contributed by atoms with Crippen molar-refractivity contribution in [3.63, 3.8) is 0 Å².